The van der Waals surface area contributed by atoms with Crippen molar-refractivity contribution in [2.75, 3.05) is 0 Å². The van der Waals surface area contributed by atoms with Crippen LogP contribution in [-0.4, -0.2) is 4.57 Å². The van der Waals surface area contributed by atoms with Gasteiger partial charge in [0, 0.05) is 51.9 Å². The van der Waals surface area contributed by atoms with Crippen molar-refractivity contribution in [1.29, 1.82) is 0 Å². The summed E-state index contributed by atoms with van der Waals surface area (Å²) in [5, 5.41) is 7.85. The van der Waals surface area contributed by atoms with Gasteiger partial charge in [0.15, 0.2) is 0 Å². The van der Waals surface area contributed by atoms with Crippen molar-refractivity contribution in [2.45, 2.75) is 0 Å². The summed E-state index contributed by atoms with van der Waals surface area (Å²) in [6.45, 7) is 0. The Morgan fingerprint density at radius 2 is 1.39 bits per heavy atom. The highest BCUT2D eigenvalue weighted by Crippen LogP contribution is 2.45. The molecule has 0 unspecified atom stereocenters. The van der Waals surface area contributed by atoms with Gasteiger partial charge in [-0.05, 0) is 47.3 Å². The number of fused-ring (bicyclic) bond motifs is 9. The van der Waals surface area contributed by atoms with Gasteiger partial charge in [-0.1, -0.05) is 82.7 Å². The molecular formula is C32H18BrNS2. The molecule has 3 aromatic heterocycles. The molecule has 0 aliphatic rings. The normalized spacial score (nSPS) is 12.0. The molecule has 0 bridgehead atoms. The molecule has 3 heterocycles. The van der Waals surface area contributed by atoms with Crippen LogP contribution in [0.25, 0.3) is 68.1 Å². The zero-order chi connectivity index (χ0) is 23.8. The summed E-state index contributed by atoms with van der Waals surface area (Å²) >= 11 is 7.51. The average Bonchev–Trinajstić information content (AvgIpc) is 3.64. The van der Waals surface area contributed by atoms with Gasteiger partial charge >= 0.3 is 0 Å². The summed E-state index contributed by atoms with van der Waals surface area (Å²) in [4.78, 5) is 1.30. The molecule has 0 aliphatic heterocycles. The number of rotatable bonds is 2. The Morgan fingerprint density at radius 3 is 2.31 bits per heavy atom. The summed E-state index contributed by atoms with van der Waals surface area (Å²) < 4.78 is 7.52. The molecule has 1 nitrogen and oxygen atoms in total. The van der Waals surface area contributed by atoms with Crippen LogP contribution < -0.4 is 0 Å². The second-order valence-corrected chi connectivity index (χ2v) is 12.1. The van der Waals surface area contributed by atoms with E-state index in [1.165, 1.54) is 68.1 Å². The first-order valence-corrected chi connectivity index (χ1v) is 14.3. The van der Waals surface area contributed by atoms with Gasteiger partial charge in [0.1, 0.15) is 0 Å². The summed E-state index contributed by atoms with van der Waals surface area (Å²) in [6, 6.07) is 37.5. The zero-order valence-electron chi connectivity index (χ0n) is 19.0. The number of aromatic nitrogens is 1. The lowest BCUT2D eigenvalue weighted by atomic mass is 10.0. The number of hydrogen-bond acceptors (Lipinski definition) is 2. The SMILES string of the molecule is Brc1ccc2c(c1)c1cc(-c3ccccc3)sc1c1ccn(-c3cccc4c3sc3ccccc34)c21. The van der Waals surface area contributed by atoms with Crippen LogP contribution in [-0.2, 0) is 0 Å². The molecule has 170 valence electrons. The summed E-state index contributed by atoms with van der Waals surface area (Å²) in [7, 11) is 0. The standard InChI is InChI=1S/C32H18BrNS2/c33-20-13-14-22-25(17-20)26-18-29(19-7-2-1-3-8-19)36-31(26)24-15-16-34(30(22)24)27-11-6-10-23-21-9-4-5-12-28(21)35-32(23)27/h1-18H. The predicted molar refractivity (Wildman–Crippen MR) is 162 cm³/mol. The first-order chi connectivity index (χ1) is 17.8. The van der Waals surface area contributed by atoms with Gasteiger partial charge in [0.05, 0.1) is 15.9 Å². The lowest BCUT2D eigenvalue weighted by Crippen LogP contribution is -1.93. The van der Waals surface area contributed by atoms with Crippen LogP contribution in [0.3, 0.4) is 0 Å². The number of nitrogens with zero attached hydrogens (tertiary/aromatic N) is 1. The van der Waals surface area contributed by atoms with Crippen molar-refractivity contribution >= 4 is 90.5 Å². The minimum atomic E-state index is 1.10. The molecule has 8 rings (SSSR count). The molecule has 36 heavy (non-hydrogen) atoms. The van der Waals surface area contributed by atoms with E-state index >= 15 is 0 Å². The van der Waals surface area contributed by atoms with Crippen LogP contribution in [0, 0.1) is 0 Å². The largest absolute Gasteiger partial charge is 0.314 e. The highest BCUT2D eigenvalue weighted by Gasteiger charge is 2.18. The van der Waals surface area contributed by atoms with Gasteiger partial charge in [0.2, 0.25) is 0 Å². The predicted octanol–water partition coefficient (Wildman–Crippen LogP) is 10.8. The molecule has 0 N–H and O–H groups in total. The Bertz CT molecular complexity index is 2110. The molecule has 0 amide bonds. The van der Waals surface area contributed by atoms with E-state index in [0.717, 1.165) is 4.47 Å². The third-order valence-corrected chi connectivity index (χ3v) is 10.0. The lowest BCUT2D eigenvalue weighted by Gasteiger charge is -2.11. The average molecular weight is 561 g/mol. The minimum absolute atomic E-state index is 1.10. The Labute approximate surface area is 224 Å². The maximum atomic E-state index is 3.74. The lowest BCUT2D eigenvalue weighted by molar-refractivity contribution is 1.15. The van der Waals surface area contributed by atoms with Crippen molar-refractivity contribution in [3.05, 3.63) is 114 Å². The van der Waals surface area contributed by atoms with Crippen molar-refractivity contribution in [3.8, 4) is 16.1 Å². The van der Waals surface area contributed by atoms with E-state index in [-0.39, 0.29) is 0 Å². The zero-order valence-corrected chi connectivity index (χ0v) is 22.3. The van der Waals surface area contributed by atoms with Crippen LogP contribution in [0.5, 0.6) is 0 Å². The van der Waals surface area contributed by atoms with E-state index in [0.29, 0.717) is 0 Å². The molecule has 8 aromatic rings. The van der Waals surface area contributed by atoms with E-state index in [1.807, 2.05) is 22.7 Å². The third kappa shape index (κ3) is 2.92. The molecule has 0 spiro atoms. The van der Waals surface area contributed by atoms with E-state index in [4.69, 9.17) is 0 Å². The first-order valence-electron chi connectivity index (χ1n) is 11.9. The number of hydrogen-bond donors (Lipinski definition) is 0. The molecule has 0 saturated heterocycles. The maximum Gasteiger partial charge on any atom is 0.0634 e. The van der Waals surface area contributed by atoms with Gasteiger partial charge in [0.25, 0.3) is 0 Å². The quantitative estimate of drug-likeness (QED) is 0.198. The Balaban J connectivity index is 1.50. The Morgan fingerprint density at radius 1 is 0.556 bits per heavy atom. The van der Waals surface area contributed by atoms with Gasteiger partial charge in [-0.25, -0.2) is 0 Å². The summed E-state index contributed by atoms with van der Waals surface area (Å²) in [5.41, 5.74) is 3.79. The molecule has 4 heteroatoms. The van der Waals surface area contributed by atoms with Gasteiger partial charge < -0.3 is 4.57 Å². The summed E-state index contributed by atoms with van der Waals surface area (Å²) in [5.74, 6) is 0. The van der Waals surface area contributed by atoms with E-state index in [1.54, 1.807) is 0 Å². The highest BCUT2D eigenvalue weighted by atomic mass is 79.9. The fourth-order valence-corrected chi connectivity index (χ4v) is 8.27. The fourth-order valence-electron chi connectivity index (χ4n) is 5.49. The Hall–Kier alpha value is -3.44. The molecular weight excluding hydrogens is 542 g/mol. The van der Waals surface area contributed by atoms with E-state index in [2.05, 4.69) is 130 Å². The topological polar surface area (TPSA) is 4.93 Å². The molecule has 0 radical (unpaired) electrons. The van der Waals surface area contributed by atoms with Crippen molar-refractivity contribution in [2.24, 2.45) is 0 Å². The van der Waals surface area contributed by atoms with Crippen LogP contribution in [0.15, 0.2) is 114 Å². The maximum absolute atomic E-state index is 3.74. The highest BCUT2D eigenvalue weighted by molar-refractivity contribution is 9.10. The van der Waals surface area contributed by atoms with Crippen LogP contribution in [0.4, 0.5) is 0 Å². The van der Waals surface area contributed by atoms with Gasteiger partial charge in [-0.3, -0.25) is 0 Å². The molecule has 0 atom stereocenters. The van der Waals surface area contributed by atoms with Gasteiger partial charge in [-0.15, -0.1) is 22.7 Å². The molecule has 0 fully saturated rings. The molecule has 0 aliphatic carbocycles. The van der Waals surface area contributed by atoms with Crippen LogP contribution in [0.1, 0.15) is 0 Å². The van der Waals surface area contributed by atoms with Crippen LogP contribution >= 0.6 is 38.6 Å². The van der Waals surface area contributed by atoms with Gasteiger partial charge in [-0.2, -0.15) is 0 Å². The Kier molecular flexibility index (Phi) is 4.48. The second-order valence-electron chi connectivity index (χ2n) is 9.11. The first kappa shape index (κ1) is 20.7. The third-order valence-electron chi connectivity index (χ3n) is 7.09. The second kappa shape index (κ2) is 7.78. The van der Waals surface area contributed by atoms with E-state index in [9.17, 15) is 0 Å². The van der Waals surface area contributed by atoms with Crippen molar-refractivity contribution in [1.82, 2.24) is 4.57 Å². The monoisotopic (exact) mass is 559 g/mol. The smallest absolute Gasteiger partial charge is 0.0634 e. The molecule has 0 saturated carbocycles. The summed E-state index contributed by atoms with van der Waals surface area (Å²) in [6.07, 6.45) is 2.26. The number of halogens is 1. The fraction of sp³-hybridized carbons (Fsp3) is 0. The van der Waals surface area contributed by atoms with Crippen molar-refractivity contribution in [3.63, 3.8) is 0 Å². The number of benzene rings is 5. The molecule has 5 aromatic carbocycles. The van der Waals surface area contributed by atoms with Crippen molar-refractivity contribution < 1.29 is 0 Å². The minimum Gasteiger partial charge on any atom is -0.314 e. The number of thiophene rings is 2. The van der Waals surface area contributed by atoms with E-state index < -0.39 is 0 Å². The van der Waals surface area contributed by atoms with Crippen LogP contribution in [0.2, 0.25) is 0 Å².